The van der Waals surface area contributed by atoms with Gasteiger partial charge in [0.25, 0.3) is 5.56 Å². The third kappa shape index (κ3) is 3.16. The number of hydrogen-bond acceptors (Lipinski definition) is 5. The minimum Gasteiger partial charge on any atom is -0.341 e. The molecule has 0 spiro atoms. The first-order valence-corrected chi connectivity index (χ1v) is 9.66. The lowest BCUT2D eigenvalue weighted by atomic mass is 9.92. The molecule has 3 aromatic heterocycles. The summed E-state index contributed by atoms with van der Waals surface area (Å²) in [6.07, 6.45) is 2.62. The molecule has 4 rings (SSSR count). The predicted octanol–water partition coefficient (Wildman–Crippen LogP) is 2.12. The van der Waals surface area contributed by atoms with E-state index in [9.17, 15) is 9.59 Å². The van der Waals surface area contributed by atoms with Crippen molar-refractivity contribution < 1.29 is 4.79 Å². The maximum Gasteiger partial charge on any atom is 0.293 e. The standard InChI is InChI=1S/C18H21N5O2S/c1-12-6-13(2)9-21(8-12)17(24)10-22-18(25)15-7-14(16-4-3-5-26-16)20-23(15)11-19-22/h3-5,7,11-13H,6,8-10H2,1-2H3/t12-,13+. The molecule has 3 aromatic rings. The monoisotopic (exact) mass is 371 g/mol. The fourth-order valence-corrected chi connectivity index (χ4v) is 4.37. The van der Waals surface area contributed by atoms with Crippen LogP contribution < -0.4 is 5.56 Å². The van der Waals surface area contributed by atoms with Crippen molar-refractivity contribution >= 4 is 22.8 Å². The van der Waals surface area contributed by atoms with Gasteiger partial charge >= 0.3 is 0 Å². The molecule has 7 nitrogen and oxygen atoms in total. The fourth-order valence-electron chi connectivity index (χ4n) is 3.69. The lowest BCUT2D eigenvalue weighted by Gasteiger charge is -2.35. The highest BCUT2D eigenvalue weighted by atomic mass is 32.1. The smallest absolute Gasteiger partial charge is 0.293 e. The number of hydrogen-bond donors (Lipinski definition) is 0. The van der Waals surface area contributed by atoms with Crippen molar-refractivity contribution in [3.05, 3.63) is 40.3 Å². The van der Waals surface area contributed by atoms with Crippen molar-refractivity contribution in [1.29, 1.82) is 0 Å². The molecule has 1 amide bonds. The minimum atomic E-state index is -0.297. The summed E-state index contributed by atoms with van der Waals surface area (Å²) in [6, 6.07) is 5.66. The average Bonchev–Trinajstić information content (AvgIpc) is 3.25. The highest BCUT2D eigenvalue weighted by molar-refractivity contribution is 7.13. The molecule has 0 saturated carbocycles. The number of nitrogens with zero attached hydrogens (tertiary/aromatic N) is 5. The maximum atomic E-state index is 12.7. The second-order valence-corrected chi connectivity index (χ2v) is 8.12. The molecule has 26 heavy (non-hydrogen) atoms. The zero-order valence-electron chi connectivity index (χ0n) is 14.8. The van der Waals surface area contributed by atoms with Crippen LogP contribution in [0, 0.1) is 11.8 Å². The average molecular weight is 371 g/mol. The lowest BCUT2D eigenvalue weighted by molar-refractivity contribution is -0.134. The van der Waals surface area contributed by atoms with Crippen LogP contribution in [0.3, 0.4) is 0 Å². The third-order valence-electron chi connectivity index (χ3n) is 4.77. The van der Waals surface area contributed by atoms with Gasteiger partial charge in [-0.2, -0.15) is 10.2 Å². The summed E-state index contributed by atoms with van der Waals surface area (Å²) in [5.74, 6) is 0.913. The van der Waals surface area contributed by atoms with E-state index < -0.39 is 0 Å². The van der Waals surface area contributed by atoms with Gasteiger partial charge in [-0.1, -0.05) is 19.9 Å². The molecular formula is C18H21N5O2S. The van der Waals surface area contributed by atoms with Crippen molar-refractivity contribution in [2.75, 3.05) is 13.1 Å². The number of fused-ring (bicyclic) bond motifs is 1. The van der Waals surface area contributed by atoms with Crippen molar-refractivity contribution in [3.63, 3.8) is 0 Å². The molecule has 1 aliphatic heterocycles. The van der Waals surface area contributed by atoms with Crippen LogP contribution in [0.2, 0.25) is 0 Å². The van der Waals surface area contributed by atoms with Crippen LogP contribution in [-0.2, 0) is 11.3 Å². The molecule has 1 fully saturated rings. The second-order valence-electron chi connectivity index (χ2n) is 7.18. The highest BCUT2D eigenvalue weighted by Gasteiger charge is 2.26. The largest absolute Gasteiger partial charge is 0.341 e. The topological polar surface area (TPSA) is 72.5 Å². The van der Waals surface area contributed by atoms with Crippen LogP contribution in [0.1, 0.15) is 20.3 Å². The predicted molar refractivity (Wildman–Crippen MR) is 100 cm³/mol. The molecule has 0 radical (unpaired) electrons. The van der Waals surface area contributed by atoms with E-state index >= 15 is 0 Å². The van der Waals surface area contributed by atoms with Crippen molar-refractivity contribution in [3.8, 4) is 10.6 Å². The Hall–Kier alpha value is -2.48. The SMILES string of the molecule is C[C@@H]1C[C@H](C)CN(C(=O)Cn2ncn3nc(-c4cccs4)cc3c2=O)C1. The molecule has 0 unspecified atom stereocenters. The second kappa shape index (κ2) is 6.68. The summed E-state index contributed by atoms with van der Waals surface area (Å²) in [4.78, 5) is 28.2. The Morgan fingerprint density at radius 3 is 2.77 bits per heavy atom. The molecule has 0 aliphatic carbocycles. The summed E-state index contributed by atoms with van der Waals surface area (Å²) in [7, 11) is 0. The summed E-state index contributed by atoms with van der Waals surface area (Å²) >= 11 is 1.57. The van der Waals surface area contributed by atoms with Crippen LogP contribution in [0.4, 0.5) is 0 Å². The molecule has 0 N–H and O–H groups in total. The summed E-state index contributed by atoms with van der Waals surface area (Å²) in [5.41, 5.74) is 0.868. The number of piperidine rings is 1. The third-order valence-corrected chi connectivity index (χ3v) is 5.66. The molecule has 4 heterocycles. The number of carbonyl (C=O) groups is 1. The number of thiophene rings is 1. The van der Waals surface area contributed by atoms with Crippen LogP contribution >= 0.6 is 11.3 Å². The van der Waals surface area contributed by atoms with E-state index in [0.29, 0.717) is 17.4 Å². The van der Waals surface area contributed by atoms with E-state index in [1.54, 1.807) is 17.4 Å². The fraction of sp³-hybridized carbons (Fsp3) is 0.444. The van der Waals surface area contributed by atoms with Gasteiger partial charge in [-0.3, -0.25) is 9.59 Å². The van der Waals surface area contributed by atoms with Gasteiger partial charge in [0, 0.05) is 13.1 Å². The molecule has 1 aliphatic rings. The van der Waals surface area contributed by atoms with Crippen LogP contribution in [-0.4, -0.2) is 43.3 Å². The Labute approximate surface area is 154 Å². The number of aromatic nitrogens is 4. The van der Waals surface area contributed by atoms with Crippen molar-refractivity contribution in [1.82, 2.24) is 24.3 Å². The molecule has 8 heteroatoms. The van der Waals surface area contributed by atoms with Gasteiger partial charge < -0.3 is 4.90 Å². The molecule has 0 bridgehead atoms. The Morgan fingerprint density at radius 2 is 2.08 bits per heavy atom. The first-order chi connectivity index (χ1) is 12.5. The minimum absolute atomic E-state index is 0.0334. The normalized spacial score (nSPS) is 20.6. The molecule has 1 saturated heterocycles. The molecule has 0 aromatic carbocycles. The summed E-state index contributed by atoms with van der Waals surface area (Å²) < 4.78 is 2.71. The van der Waals surface area contributed by atoms with Gasteiger partial charge in [0.1, 0.15) is 24.1 Å². The Morgan fingerprint density at radius 1 is 1.31 bits per heavy atom. The first-order valence-electron chi connectivity index (χ1n) is 8.78. The Bertz CT molecular complexity index is 981. The van der Waals surface area contributed by atoms with Crippen molar-refractivity contribution in [2.24, 2.45) is 11.8 Å². The number of amides is 1. The Kier molecular flexibility index (Phi) is 4.36. The highest BCUT2D eigenvalue weighted by Crippen LogP contribution is 2.23. The van der Waals surface area contributed by atoms with E-state index in [1.165, 1.54) is 15.5 Å². The van der Waals surface area contributed by atoms with Crippen LogP contribution in [0.25, 0.3) is 16.1 Å². The van der Waals surface area contributed by atoms with Crippen LogP contribution in [0.15, 0.2) is 34.7 Å². The van der Waals surface area contributed by atoms with E-state index in [2.05, 4.69) is 24.0 Å². The quantitative estimate of drug-likeness (QED) is 0.707. The van der Waals surface area contributed by atoms with Gasteiger partial charge in [0.15, 0.2) is 0 Å². The molecular weight excluding hydrogens is 350 g/mol. The number of carbonyl (C=O) groups excluding carboxylic acids is 1. The maximum absolute atomic E-state index is 12.7. The van der Waals surface area contributed by atoms with E-state index in [0.717, 1.165) is 30.1 Å². The van der Waals surface area contributed by atoms with Gasteiger partial charge in [-0.05, 0) is 35.8 Å². The Balaban J connectivity index is 1.60. The van der Waals surface area contributed by atoms with Gasteiger partial charge in [0.2, 0.25) is 5.91 Å². The molecule has 136 valence electrons. The summed E-state index contributed by atoms with van der Waals surface area (Å²) in [6.45, 7) is 5.77. The van der Waals surface area contributed by atoms with Crippen molar-refractivity contribution in [2.45, 2.75) is 26.8 Å². The van der Waals surface area contributed by atoms with Crippen LogP contribution in [0.5, 0.6) is 0 Å². The lowest BCUT2D eigenvalue weighted by Crippen LogP contribution is -2.45. The molecule has 2 atom stereocenters. The van der Waals surface area contributed by atoms with E-state index in [4.69, 9.17) is 0 Å². The zero-order chi connectivity index (χ0) is 18.3. The van der Waals surface area contributed by atoms with Gasteiger partial charge in [-0.25, -0.2) is 9.20 Å². The van der Waals surface area contributed by atoms with Gasteiger partial charge in [0.05, 0.1) is 4.88 Å². The number of likely N-dealkylation sites (tertiary alicyclic amines) is 1. The number of rotatable bonds is 3. The van der Waals surface area contributed by atoms with Gasteiger partial charge in [-0.15, -0.1) is 11.3 Å². The first kappa shape index (κ1) is 17.0. The van der Waals surface area contributed by atoms with E-state index in [1.807, 2.05) is 22.4 Å². The summed E-state index contributed by atoms with van der Waals surface area (Å²) in [5, 5.41) is 10.5. The van der Waals surface area contributed by atoms with E-state index in [-0.39, 0.29) is 18.0 Å². The zero-order valence-corrected chi connectivity index (χ0v) is 15.6.